The molecule has 8 heteroatoms. The van der Waals surface area contributed by atoms with E-state index in [1.54, 1.807) is 13.3 Å². The Morgan fingerprint density at radius 1 is 1.08 bits per heavy atom. The van der Waals surface area contributed by atoms with Crippen LogP contribution < -0.4 is 10.1 Å². The first-order valence-electron chi connectivity index (χ1n) is 12.7. The molecule has 2 aromatic carbocycles. The lowest BCUT2D eigenvalue weighted by Crippen LogP contribution is -2.43. The third-order valence-corrected chi connectivity index (χ3v) is 6.81. The molecule has 0 radical (unpaired) electrons. The average molecular weight is 500 g/mol. The molecule has 1 fully saturated rings. The molecule has 1 N–H and O–H groups in total. The Balaban J connectivity index is 1.46. The number of ether oxygens (including phenoxy) is 2. The first kappa shape index (κ1) is 24.9. The molecular formula is C29H33N5O3. The number of aromatic nitrogens is 3. The molecule has 2 aromatic heterocycles. The summed E-state index contributed by atoms with van der Waals surface area (Å²) in [6, 6.07) is 20.0. The van der Waals surface area contributed by atoms with Crippen molar-refractivity contribution >= 4 is 16.9 Å². The van der Waals surface area contributed by atoms with Gasteiger partial charge in [0.1, 0.15) is 5.75 Å². The highest BCUT2D eigenvalue weighted by Gasteiger charge is 2.25. The second-order valence-corrected chi connectivity index (χ2v) is 9.49. The van der Waals surface area contributed by atoms with E-state index >= 15 is 0 Å². The largest absolute Gasteiger partial charge is 0.497 e. The first-order valence-corrected chi connectivity index (χ1v) is 12.7. The molecular weight excluding hydrogens is 466 g/mol. The van der Waals surface area contributed by atoms with Crippen molar-refractivity contribution in [2.24, 2.45) is 0 Å². The van der Waals surface area contributed by atoms with E-state index in [0.717, 1.165) is 41.0 Å². The molecule has 8 nitrogen and oxygen atoms in total. The number of amides is 1. The van der Waals surface area contributed by atoms with Gasteiger partial charge in [-0.1, -0.05) is 42.5 Å². The van der Waals surface area contributed by atoms with Gasteiger partial charge < -0.3 is 14.8 Å². The van der Waals surface area contributed by atoms with Crippen molar-refractivity contribution in [3.05, 3.63) is 78.0 Å². The number of pyridine rings is 1. The molecule has 1 aliphatic heterocycles. The number of benzene rings is 2. The van der Waals surface area contributed by atoms with Crippen LogP contribution in [0.25, 0.3) is 22.3 Å². The lowest BCUT2D eigenvalue weighted by atomic mass is 10.0. The van der Waals surface area contributed by atoms with E-state index in [1.165, 1.54) is 0 Å². The zero-order chi connectivity index (χ0) is 25.8. The third-order valence-electron chi connectivity index (χ3n) is 6.81. The lowest BCUT2D eigenvalue weighted by Gasteiger charge is -2.35. The Labute approximate surface area is 217 Å². The SMILES string of the molecule is COc1ccc(C(CNC(=O)c2cc(-c3ccccc3)nc3c2cnn3C(C)C)N2CCOCC2)cc1. The number of hydrogen-bond acceptors (Lipinski definition) is 6. The Bertz CT molecular complexity index is 1350. The second kappa shape index (κ2) is 11.1. The predicted molar refractivity (Wildman–Crippen MR) is 144 cm³/mol. The molecule has 192 valence electrons. The minimum atomic E-state index is -0.139. The number of nitrogens with zero attached hydrogens (tertiary/aromatic N) is 4. The Morgan fingerprint density at radius 3 is 2.49 bits per heavy atom. The van der Waals surface area contributed by atoms with E-state index in [0.29, 0.717) is 31.0 Å². The van der Waals surface area contributed by atoms with Crippen molar-refractivity contribution in [2.45, 2.75) is 25.9 Å². The Hall–Kier alpha value is -3.75. The summed E-state index contributed by atoms with van der Waals surface area (Å²) >= 11 is 0. The van der Waals surface area contributed by atoms with E-state index in [4.69, 9.17) is 14.5 Å². The quantitative estimate of drug-likeness (QED) is 0.385. The molecule has 0 saturated carbocycles. The Kier molecular flexibility index (Phi) is 7.48. The van der Waals surface area contributed by atoms with Gasteiger partial charge in [-0.25, -0.2) is 9.67 Å². The van der Waals surface area contributed by atoms with Gasteiger partial charge in [0, 0.05) is 31.2 Å². The van der Waals surface area contributed by atoms with Crippen molar-refractivity contribution in [2.75, 3.05) is 40.0 Å². The van der Waals surface area contributed by atoms with Crippen LogP contribution in [0.15, 0.2) is 66.9 Å². The molecule has 0 aliphatic carbocycles. The maximum atomic E-state index is 13.7. The van der Waals surface area contributed by atoms with Gasteiger partial charge >= 0.3 is 0 Å². The van der Waals surface area contributed by atoms with Crippen LogP contribution in [0, 0.1) is 0 Å². The van der Waals surface area contributed by atoms with Gasteiger partial charge in [0.15, 0.2) is 5.65 Å². The molecule has 1 unspecified atom stereocenters. The van der Waals surface area contributed by atoms with Crippen molar-refractivity contribution < 1.29 is 14.3 Å². The summed E-state index contributed by atoms with van der Waals surface area (Å²) in [5, 5.41) is 8.51. The molecule has 1 saturated heterocycles. The van der Waals surface area contributed by atoms with E-state index < -0.39 is 0 Å². The lowest BCUT2D eigenvalue weighted by molar-refractivity contribution is 0.0162. The zero-order valence-corrected chi connectivity index (χ0v) is 21.6. The number of morpholine rings is 1. The van der Waals surface area contributed by atoms with Gasteiger partial charge in [0.2, 0.25) is 0 Å². The van der Waals surface area contributed by atoms with Gasteiger partial charge in [-0.2, -0.15) is 5.10 Å². The van der Waals surface area contributed by atoms with Crippen LogP contribution in [-0.4, -0.2) is 65.5 Å². The van der Waals surface area contributed by atoms with E-state index in [2.05, 4.69) is 41.3 Å². The van der Waals surface area contributed by atoms with Gasteiger partial charge in [0.25, 0.3) is 5.91 Å². The molecule has 37 heavy (non-hydrogen) atoms. The molecule has 1 atom stereocenters. The molecule has 0 bridgehead atoms. The van der Waals surface area contributed by atoms with Gasteiger partial charge in [-0.05, 0) is 37.6 Å². The average Bonchev–Trinajstić information content (AvgIpc) is 3.38. The van der Waals surface area contributed by atoms with E-state index in [9.17, 15) is 4.79 Å². The molecule has 1 amide bonds. The number of nitrogens with one attached hydrogen (secondary N) is 1. The highest BCUT2D eigenvalue weighted by Crippen LogP contribution is 2.27. The van der Waals surface area contributed by atoms with Crippen molar-refractivity contribution in [1.82, 2.24) is 25.0 Å². The number of hydrogen-bond donors (Lipinski definition) is 1. The van der Waals surface area contributed by atoms with Gasteiger partial charge in [0.05, 0.1) is 49.2 Å². The van der Waals surface area contributed by atoms with Crippen LogP contribution >= 0.6 is 0 Å². The smallest absolute Gasteiger partial charge is 0.252 e. The molecule has 1 aliphatic rings. The summed E-state index contributed by atoms with van der Waals surface area (Å²) in [5.41, 5.74) is 4.12. The molecule has 0 spiro atoms. The second-order valence-electron chi connectivity index (χ2n) is 9.49. The standard InChI is InChI=1S/C29H33N5O3/c1-20(2)34-28-25(18-31-34)24(17-26(32-28)21-7-5-4-6-8-21)29(35)30-19-27(33-13-15-37-16-14-33)22-9-11-23(36-3)12-10-22/h4-12,17-18,20,27H,13-16,19H2,1-3H3,(H,30,35). The predicted octanol–water partition coefficient (Wildman–Crippen LogP) is 4.49. The maximum absolute atomic E-state index is 13.7. The number of carbonyl (C=O) groups excluding carboxylic acids is 1. The summed E-state index contributed by atoms with van der Waals surface area (Å²) in [6.07, 6.45) is 1.74. The zero-order valence-electron chi connectivity index (χ0n) is 21.6. The van der Waals surface area contributed by atoms with Gasteiger partial charge in [-0.3, -0.25) is 9.69 Å². The summed E-state index contributed by atoms with van der Waals surface area (Å²) in [7, 11) is 1.66. The minimum Gasteiger partial charge on any atom is -0.497 e. The summed E-state index contributed by atoms with van der Waals surface area (Å²) < 4.78 is 12.8. The third kappa shape index (κ3) is 5.35. The van der Waals surface area contributed by atoms with Gasteiger partial charge in [-0.15, -0.1) is 0 Å². The normalized spacial score (nSPS) is 15.1. The topological polar surface area (TPSA) is 81.5 Å². The van der Waals surface area contributed by atoms with Crippen LogP contribution in [0.4, 0.5) is 0 Å². The van der Waals surface area contributed by atoms with Crippen molar-refractivity contribution in [3.63, 3.8) is 0 Å². The van der Waals surface area contributed by atoms with E-state index in [-0.39, 0.29) is 18.0 Å². The fourth-order valence-corrected chi connectivity index (χ4v) is 4.80. The van der Waals surface area contributed by atoms with Crippen LogP contribution in [0.5, 0.6) is 5.75 Å². The fraction of sp³-hybridized carbons (Fsp3) is 0.345. The maximum Gasteiger partial charge on any atom is 0.252 e. The summed E-state index contributed by atoms with van der Waals surface area (Å²) in [4.78, 5) is 21.0. The summed E-state index contributed by atoms with van der Waals surface area (Å²) in [5.74, 6) is 0.669. The van der Waals surface area contributed by atoms with Crippen molar-refractivity contribution in [3.8, 4) is 17.0 Å². The number of carbonyl (C=O) groups is 1. The number of fused-ring (bicyclic) bond motifs is 1. The van der Waals surface area contributed by atoms with Crippen LogP contribution in [0.3, 0.4) is 0 Å². The summed E-state index contributed by atoms with van der Waals surface area (Å²) in [6.45, 7) is 7.57. The number of methoxy groups -OCH3 is 1. The minimum absolute atomic E-state index is 0.0167. The van der Waals surface area contributed by atoms with Crippen LogP contribution in [-0.2, 0) is 4.74 Å². The monoisotopic (exact) mass is 499 g/mol. The fourth-order valence-electron chi connectivity index (χ4n) is 4.80. The van der Waals surface area contributed by atoms with Crippen molar-refractivity contribution in [1.29, 1.82) is 0 Å². The molecule has 3 heterocycles. The highest BCUT2D eigenvalue weighted by atomic mass is 16.5. The van der Waals surface area contributed by atoms with E-state index in [1.807, 2.05) is 53.2 Å². The highest BCUT2D eigenvalue weighted by molar-refractivity contribution is 6.06. The Morgan fingerprint density at radius 2 is 1.81 bits per heavy atom. The molecule has 5 rings (SSSR count). The molecule has 4 aromatic rings. The number of rotatable bonds is 8. The first-order chi connectivity index (χ1) is 18.0. The van der Waals surface area contributed by atoms with Crippen LogP contribution in [0.2, 0.25) is 0 Å². The van der Waals surface area contributed by atoms with Crippen LogP contribution in [0.1, 0.15) is 41.9 Å².